The number of alkyl halides is 3. The molecule has 8 heteroatoms. The van der Waals surface area contributed by atoms with Crippen LogP contribution in [0.4, 0.5) is 13.2 Å². The monoisotopic (exact) mass is 288 g/mol. The number of fused-ring (bicyclic) bond motifs is 1. The summed E-state index contributed by atoms with van der Waals surface area (Å²) in [6, 6.07) is 1.24. The summed E-state index contributed by atoms with van der Waals surface area (Å²) in [7, 11) is 0. The predicted octanol–water partition coefficient (Wildman–Crippen LogP) is 2.12. The normalized spacial score (nSPS) is 12.3. The van der Waals surface area contributed by atoms with Gasteiger partial charge in [-0.2, -0.15) is 18.3 Å². The van der Waals surface area contributed by atoms with Crippen LogP contribution in [-0.2, 0) is 6.18 Å². The van der Waals surface area contributed by atoms with Crippen molar-refractivity contribution >= 4 is 5.52 Å². The summed E-state index contributed by atoms with van der Waals surface area (Å²) in [5.41, 5.74) is -0.764. The van der Waals surface area contributed by atoms with Gasteiger partial charge in [-0.15, -0.1) is 0 Å². The fourth-order valence-corrected chi connectivity index (χ4v) is 1.64. The van der Waals surface area contributed by atoms with Gasteiger partial charge in [0.25, 0.3) is 0 Å². The summed E-state index contributed by atoms with van der Waals surface area (Å²) in [5, 5.41) is 6.60. The van der Waals surface area contributed by atoms with E-state index in [1.165, 1.54) is 12.4 Å². The molecule has 0 saturated heterocycles. The number of ether oxygens (including phenoxy) is 1. The topological polar surface area (TPSA) is 51.5 Å². The second-order valence-corrected chi connectivity index (χ2v) is 4.55. The number of aromatic nitrogens is 3. The summed E-state index contributed by atoms with van der Waals surface area (Å²) in [6.45, 7) is 4.88. The largest absolute Gasteiger partial charge is 0.475 e. The quantitative estimate of drug-likeness (QED) is 0.856. The first-order chi connectivity index (χ1) is 9.38. The van der Waals surface area contributed by atoms with Crippen LogP contribution in [0.25, 0.3) is 5.52 Å². The molecule has 0 fully saturated rings. The van der Waals surface area contributed by atoms with Crippen LogP contribution in [0.1, 0.15) is 19.5 Å². The van der Waals surface area contributed by atoms with Gasteiger partial charge in [0.1, 0.15) is 12.1 Å². The molecule has 0 radical (unpaired) electrons. The lowest BCUT2D eigenvalue weighted by molar-refractivity contribution is -0.141. The average Bonchev–Trinajstić information content (AvgIpc) is 2.78. The van der Waals surface area contributed by atoms with Gasteiger partial charge in [0.2, 0.25) is 5.88 Å². The lowest BCUT2D eigenvalue weighted by Gasteiger charge is -2.09. The van der Waals surface area contributed by atoms with Crippen molar-refractivity contribution in [3.63, 3.8) is 0 Å². The highest BCUT2D eigenvalue weighted by atomic mass is 19.4. The Balaban J connectivity index is 2.15. The van der Waals surface area contributed by atoms with E-state index in [1.807, 2.05) is 13.8 Å². The Morgan fingerprint density at radius 1 is 1.40 bits per heavy atom. The maximum atomic E-state index is 12.6. The first kappa shape index (κ1) is 14.6. The van der Waals surface area contributed by atoms with Crippen LogP contribution in [0.3, 0.4) is 0 Å². The van der Waals surface area contributed by atoms with E-state index in [2.05, 4.69) is 15.4 Å². The van der Waals surface area contributed by atoms with Crippen LogP contribution in [0.5, 0.6) is 5.88 Å². The van der Waals surface area contributed by atoms with Gasteiger partial charge < -0.3 is 10.1 Å². The Kier molecular flexibility index (Phi) is 4.12. The van der Waals surface area contributed by atoms with E-state index >= 15 is 0 Å². The van der Waals surface area contributed by atoms with Crippen LogP contribution >= 0.6 is 0 Å². The molecule has 20 heavy (non-hydrogen) atoms. The van der Waals surface area contributed by atoms with Crippen molar-refractivity contribution in [1.82, 2.24) is 19.9 Å². The minimum absolute atomic E-state index is 0.140. The van der Waals surface area contributed by atoms with Gasteiger partial charge in [-0.25, -0.2) is 9.50 Å². The molecule has 0 aliphatic rings. The summed E-state index contributed by atoms with van der Waals surface area (Å²) < 4.78 is 44.3. The van der Waals surface area contributed by atoms with Gasteiger partial charge in [-0.1, -0.05) is 13.8 Å². The minimum atomic E-state index is -4.48. The highest BCUT2D eigenvalue weighted by Gasteiger charge is 2.34. The maximum Gasteiger partial charge on any atom is 0.435 e. The molecular weight excluding hydrogens is 273 g/mol. The number of nitrogens with zero attached hydrogens (tertiary/aromatic N) is 3. The zero-order valence-corrected chi connectivity index (χ0v) is 11.1. The molecule has 0 spiro atoms. The standard InChI is InChI=1S/C12H15F3N4O/c1-8(2)16-4-6-20-11-9-7-10(12(13,14)15)18-19(9)5-3-17-11/h3,5,7-8,16H,4,6H2,1-2H3. The second-order valence-electron chi connectivity index (χ2n) is 4.55. The molecule has 0 saturated carbocycles. The van der Waals surface area contributed by atoms with E-state index in [0.29, 0.717) is 19.2 Å². The van der Waals surface area contributed by atoms with Crippen LogP contribution in [0, 0.1) is 0 Å². The molecule has 2 aromatic rings. The fourth-order valence-electron chi connectivity index (χ4n) is 1.64. The third-order valence-electron chi connectivity index (χ3n) is 2.54. The van der Waals surface area contributed by atoms with E-state index in [0.717, 1.165) is 10.6 Å². The molecule has 0 atom stereocenters. The Morgan fingerprint density at radius 2 is 2.15 bits per heavy atom. The molecule has 0 amide bonds. The van der Waals surface area contributed by atoms with Crippen molar-refractivity contribution in [2.45, 2.75) is 26.1 Å². The number of hydrogen-bond acceptors (Lipinski definition) is 4. The molecular formula is C12H15F3N4O. The number of rotatable bonds is 5. The molecule has 0 aromatic carbocycles. The molecule has 0 unspecified atom stereocenters. The smallest absolute Gasteiger partial charge is 0.435 e. The molecule has 0 aliphatic heterocycles. The zero-order chi connectivity index (χ0) is 14.8. The summed E-state index contributed by atoms with van der Waals surface area (Å²) in [5.74, 6) is 0.140. The summed E-state index contributed by atoms with van der Waals surface area (Å²) >= 11 is 0. The average molecular weight is 288 g/mol. The van der Waals surface area contributed by atoms with Gasteiger partial charge in [0.15, 0.2) is 5.69 Å². The van der Waals surface area contributed by atoms with Gasteiger partial charge in [-0.05, 0) is 0 Å². The number of nitrogens with one attached hydrogen (secondary N) is 1. The Morgan fingerprint density at radius 3 is 2.80 bits per heavy atom. The van der Waals surface area contributed by atoms with Crippen molar-refractivity contribution in [2.24, 2.45) is 0 Å². The Hall–Kier alpha value is -1.83. The highest BCUT2D eigenvalue weighted by molar-refractivity contribution is 5.56. The first-order valence-electron chi connectivity index (χ1n) is 6.15. The van der Waals surface area contributed by atoms with Gasteiger partial charge in [-0.3, -0.25) is 0 Å². The van der Waals surface area contributed by atoms with Gasteiger partial charge in [0, 0.05) is 31.0 Å². The SMILES string of the molecule is CC(C)NCCOc1nccn2nc(C(F)(F)F)cc12. The van der Waals surface area contributed by atoms with Crippen molar-refractivity contribution in [1.29, 1.82) is 0 Å². The molecule has 0 bridgehead atoms. The lowest BCUT2D eigenvalue weighted by atomic mass is 10.4. The van der Waals surface area contributed by atoms with Crippen molar-refractivity contribution in [2.75, 3.05) is 13.2 Å². The highest BCUT2D eigenvalue weighted by Crippen LogP contribution is 2.30. The Bertz CT molecular complexity index is 580. The van der Waals surface area contributed by atoms with Crippen molar-refractivity contribution in [3.05, 3.63) is 24.2 Å². The van der Waals surface area contributed by atoms with E-state index in [9.17, 15) is 13.2 Å². The fraction of sp³-hybridized carbons (Fsp3) is 0.500. The van der Waals surface area contributed by atoms with Crippen LogP contribution in [0.15, 0.2) is 18.5 Å². The molecule has 0 aliphatic carbocycles. The Labute approximate surface area is 113 Å². The van der Waals surface area contributed by atoms with Crippen molar-refractivity contribution < 1.29 is 17.9 Å². The van der Waals surface area contributed by atoms with Gasteiger partial charge >= 0.3 is 6.18 Å². The lowest BCUT2D eigenvalue weighted by Crippen LogP contribution is -2.27. The van der Waals surface area contributed by atoms with E-state index < -0.39 is 11.9 Å². The molecule has 2 heterocycles. The molecule has 2 aromatic heterocycles. The maximum absolute atomic E-state index is 12.6. The first-order valence-corrected chi connectivity index (χ1v) is 6.15. The van der Waals surface area contributed by atoms with E-state index in [1.54, 1.807) is 0 Å². The minimum Gasteiger partial charge on any atom is -0.475 e. The molecule has 5 nitrogen and oxygen atoms in total. The molecule has 2 rings (SSSR count). The third-order valence-corrected chi connectivity index (χ3v) is 2.54. The molecule has 1 N–H and O–H groups in total. The van der Waals surface area contributed by atoms with Crippen LogP contribution in [-0.4, -0.2) is 33.8 Å². The summed E-state index contributed by atoms with van der Waals surface area (Å²) in [4.78, 5) is 3.94. The van der Waals surface area contributed by atoms with E-state index in [4.69, 9.17) is 4.74 Å². The molecule has 110 valence electrons. The third kappa shape index (κ3) is 3.38. The number of hydrogen-bond donors (Lipinski definition) is 1. The van der Waals surface area contributed by atoms with Crippen LogP contribution < -0.4 is 10.1 Å². The summed E-state index contributed by atoms with van der Waals surface area (Å²) in [6.07, 6.45) is -1.78. The van der Waals surface area contributed by atoms with Crippen molar-refractivity contribution in [3.8, 4) is 5.88 Å². The zero-order valence-electron chi connectivity index (χ0n) is 11.1. The van der Waals surface area contributed by atoms with E-state index in [-0.39, 0.29) is 11.4 Å². The van der Waals surface area contributed by atoms with Gasteiger partial charge in [0.05, 0.1) is 0 Å². The number of halogens is 3. The second kappa shape index (κ2) is 5.66. The van der Waals surface area contributed by atoms with Crippen LogP contribution in [0.2, 0.25) is 0 Å². The predicted molar refractivity (Wildman–Crippen MR) is 66.6 cm³/mol.